The van der Waals surface area contributed by atoms with Gasteiger partial charge in [-0.1, -0.05) is 23.8 Å². The number of aryl methyl sites for hydroxylation is 3. The van der Waals surface area contributed by atoms with Crippen molar-refractivity contribution in [1.82, 2.24) is 0 Å². The monoisotopic (exact) mass is 417 g/mol. The molecule has 1 N–H and O–H groups in total. The minimum absolute atomic E-state index is 0.0373. The van der Waals surface area contributed by atoms with E-state index in [1.54, 1.807) is 24.3 Å². The first-order valence-corrected chi connectivity index (χ1v) is 9.90. The van der Waals surface area contributed by atoms with Gasteiger partial charge in [-0.25, -0.2) is 0 Å². The number of nitrogens with zero attached hydrogens (tertiary/aromatic N) is 1. The number of ketones is 1. The van der Waals surface area contributed by atoms with Crippen molar-refractivity contribution in [3.05, 3.63) is 88.4 Å². The molecule has 1 unspecified atom stereocenters. The molecule has 1 aliphatic heterocycles. The van der Waals surface area contributed by atoms with E-state index in [1.165, 1.54) is 18.3 Å². The van der Waals surface area contributed by atoms with Crippen molar-refractivity contribution in [2.75, 3.05) is 12.0 Å². The molecular formula is C25H23NO5. The summed E-state index contributed by atoms with van der Waals surface area (Å²) in [4.78, 5) is 27.8. The Balaban J connectivity index is 1.99. The summed E-state index contributed by atoms with van der Waals surface area (Å²) in [6.45, 7) is 5.66. The second-order valence-electron chi connectivity index (χ2n) is 7.68. The third kappa shape index (κ3) is 3.40. The molecular weight excluding hydrogens is 394 g/mol. The van der Waals surface area contributed by atoms with Gasteiger partial charge in [0, 0.05) is 5.69 Å². The number of benzene rings is 2. The Morgan fingerprint density at radius 2 is 1.74 bits per heavy atom. The Hall–Kier alpha value is -3.80. The largest absolute Gasteiger partial charge is 0.507 e. The number of ether oxygens (including phenoxy) is 1. The van der Waals surface area contributed by atoms with E-state index in [2.05, 4.69) is 0 Å². The molecule has 0 radical (unpaired) electrons. The zero-order valence-electron chi connectivity index (χ0n) is 17.8. The molecule has 1 saturated heterocycles. The zero-order valence-corrected chi connectivity index (χ0v) is 17.8. The Morgan fingerprint density at radius 1 is 1.03 bits per heavy atom. The van der Waals surface area contributed by atoms with Crippen LogP contribution in [0.5, 0.6) is 5.75 Å². The van der Waals surface area contributed by atoms with Gasteiger partial charge < -0.3 is 14.3 Å². The number of aliphatic hydroxyl groups excluding tert-OH is 1. The first-order chi connectivity index (χ1) is 14.8. The Bertz CT molecular complexity index is 1210. The fourth-order valence-electron chi connectivity index (χ4n) is 3.93. The van der Waals surface area contributed by atoms with Crippen molar-refractivity contribution in [3.63, 3.8) is 0 Å². The Labute approximate surface area is 180 Å². The number of anilines is 1. The predicted octanol–water partition coefficient (Wildman–Crippen LogP) is 4.84. The van der Waals surface area contributed by atoms with Crippen LogP contribution < -0.4 is 9.64 Å². The lowest BCUT2D eigenvalue weighted by atomic mass is 9.97. The summed E-state index contributed by atoms with van der Waals surface area (Å²) in [5.74, 6) is -1.01. The quantitative estimate of drug-likeness (QED) is 0.373. The van der Waals surface area contributed by atoms with Gasteiger partial charge in [-0.2, -0.15) is 0 Å². The van der Waals surface area contributed by atoms with Gasteiger partial charge in [0.1, 0.15) is 23.3 Å². The number of carbonyl (C=O) groups is 2. The first-order valence-electron chi connectivity index (χ1n) is 9.90. The van der Waals surface area contributed by atoms with E-state index in [1.807, 2.05) is 45.0 Å². The number of aliphatic hydroxyl groups is 1. The topological polar surface area (TPSA) is 80.0 Å². The molecule has 6 nitrogen and oxygen atoms in total. The number of hydrogen-bond acceptors (Lipinski definition) is 5. The molecule has 0 spiro atoms. The number of Topliss-reactive ketones (excluding diaryl/α,β-unsaturated/α-hetero) is 1. The van der Waals surface area contributed by atoms with Gasteiger partial charge in [0.05, 0.1) is 24.5 Å². The first kappa shape index (κ1) is 20.5. The average molecular weight is 417 g/mol. The third-order valence-electron chi connectivity index (χ3n) is 5.49. The molecule has 3 aromatic rings. The molecule has 0 saturated carbocycles. The number of carbonyl (C=O) groups excluding carboxylic acids is 2. The number of amides is 1. The van der Waals surface area contributed by atoms with Crippen LogP contribution in [0.25, 0.3) is 5.76 Å². The maximum atomic E-state index is 13.2. The molecule has 1 amide bonds. The van der Waals surface area contributed by atoms with Crippen LogP contribution in [-0.4, -0.2) is 23.9 Å². The van der Waals surface area contributed by atoms with Crippen molar-refractivity contribution in [2.45, 2.75) is 26.8 Å². The van der Waals surface area contributed by atoms with Crippen LogP contribution in [-0.2, 0) is 9.59 Å². The summed E-state index contributed by atoms with van der Waals surface area (Å²) in [5, 5.41) is 11.3. The predicted molar refractivity (Wildman–Crippen MR) is 117 cm³/mol. The van der Waals surface area contributed by atoms with Gasteiger partial charge in [0.15, 0.2) is 0 Å². The zero-order chi connectivity index (χ0) is 22.3. The van der Waals surface area contributed by atoms with Crippen molar-refractivity contribution in [1.29, 1.82) is 0 Å². The minimum atomic E-state index is -0.902. The summed E-state index contributed by atoms with van der Waals surface area (Å²) < 4.78 is 11.0. The smallest absolute Gasteiger partial charge is 0.300 e. The highest BCUT2D eigenvalue weighted by atomic mass is 16.5. The number of rotatable bonds is 4. The maximum Gasteiger partial charge on any atom is 0.300 e. The molecule has 2 heterocycles. The van der Waals surface area contributed by atoms with E-state index in [9.17, 15) is 14.7 Å². The van der Waals surface area contributed by atoms with Crippen LogP contribution in [0.3, 0.4) is 0 Å². The van der Waals surface area contributed by atoms with Crippen molar-refractivity contribution >= 4 is 23.1 Å². The van der Waals surface area contributed by atoms with Crippen LogP contribution in [0.1, 0.15) is 34.1 Å². The summed E-state index contributed by atoms with van der Waals surface area (Å²) in [5.41, 5.74) is 3.56. The van der Waals surface area contributed by atoms with Gasteiger partial charge >= 0.3 is 0 Å². The van der Waals surface area contributed by atoms with Gasteiger partial charge in [0.2, 0.25) is 0 Å². The van der Waals surface area contributed by atoms with Gasteiger partial charge in [0.25, 0.3) is 11.7 Å². The third-order valence-corrected chi connectivity index (χ3v) is 5.49. The molecule has 1 fully saturated rings. The van der Waals surface area contributed by atoms with Crippen molar-refractivity contribution < 1.29 is 23.8 Å². The number of methoxy groups -OCH3 is 1. The Kier molecular flexibility index (Phi) is 5.15. The van der Waals surface area contributed by atoms with Crippen LogP contribution >= 0.6 is 0 Å². The number of furan rings is 1. The molecule has 0 aliphatic carbocycles. The standard InChI is InChI=1S/C25H23NO5/c1-14-8-10-19(30-4)17(12-14)23(27)21-22(20-6-5-11-31-20)26(25(29)24(21)28)18-13-15(2)7-9-16(18)3/h5-13,22,27H,1-4H3/b23-21-. The summed E-state index contributed by atoms with van der Waals surface area (Å²) in [6.07, 6.45) is 1.48. The van der Waals surface area contributed by atoms with Crippen molar-refractivity contribution in [2.24, 2.45) is 0 Å². The normalized spacial score (nSPS) is 17.9. The van der Waals surface area contributed by atoms with E-state index in [-0.39, 0.29) is 11.3 Å². The summed E-state index contributed by atoms with van der Waals surface area (Å²) in [7, 11) is 1.49. The molecule has 1 aliphatic rings. The fraction of sp³-hybridized carbons (Fsp3) is 0.200. The molecule has 2 aromatic carbocycles. The van der Waals surface area contributed by atoms with Gasteiger partial charge in [-0.3, -0.25) is 14.5 Å². The molecule has 4 rings (SSSR count). The van der Waals surface area contributed by atoms with E-state index in [0.717, 1.165) is 16.7 Å². The van der Waals surface area contributed by atoms with E-state index in [0.29, 0.717) is 22.8 Å². The van der Waals surface area contributed by atoms with Gasteiger partial charge in [-0.05, 0) is 62.2 Å². The van der Waals surface area contributed by atoms with Crippen LogP contribution in [0.2, 0.25) is 0 Å². The highest BCUT2D eigenvalue weighted by Crippen LogP contribution is 2.44. The molecule has 0 bridgehead atoms. The Morgan fingerprint density at radius 3 is 2.42 bits per heavy atom. The number of hydrogen-bond donors (Lipinski definition) is 1. The second kappa shape index (κ2) is 7.80. The second-order valence-corrected chi connectivity index (χ2v) is 7.68. The summed E-state index contributed by atoms with van der Waals surface area (Å²) in [6, 6.07) is 13.4. The van der Waals surface area contributed by atoms with E-state index in [4.69, 9.17) is 9.15 Å². The van der Waals surface area contributed by atoms with Crippen LogP contribution in [0, 0.1) is 20.8 Å². The summed E-state index contributed by atoms with van der Waals surface area (Å²) >= 11 is 0. The van der Waals surface area contributed by atoms with Crippen LogP contribution in [0.15, 0.2) is 64.8 Å². The van der Waals surface area contributed by atoms with E-state index < -0.39 is 17.7 Å². The molecule has 1 atom stereocenters. The lowest BCUT2D eigenvalue weighted by molar-refractivity contribution is -0.132. The van der Waals surface area contributed by atoms with Gasteiger partial charge in [-0.15, -0.1) is 0 Å². The van der Waals surface area contributed by atoms with Crippen LogP contribution in [0.4, 0.5) is 5.69 Å². The molecule has 158 valence electrons. The highest BCUT2D eigenvalue weighted by molar-refractivity contribution is 6.51. The fourth-order valence-corrected chi connectivity index (χ4v) is 3.93. The average Bonchev–Trinajstić information content (AvgIpc) is 3.36. The molecule has 1 aromatic heterocycles. The minimum Gasteiger partial charge on any atom is -0.507 e. The lowest BCUT2D eigenvalue weighted by Gasteiger charge is -2.25. The highest BCUT2D eigenvalue weighted by Gasteiger charge is 2.48. The lowest BCUT2D eigenvalue weighted by Crippen LogP contribution is -2.30. The maximum absolute atomic E-state index is 13.2. The van der Waals surface area contributed by atoms with E-state index >= 15 is 0 Å². The van der Waals surface area contributed by atoms with Crippen molar-refractivity contribution in [3.8, 4) is 5.75 Å². The molecule has 6 heteroatoms. The SMILES string of the molecule is COc1ccc(C)cc1/C(O)=C1/C(=O)C(=O)N(c2cc(C)ccc2C)C1c1ccco1. The molecule has 31 heavy (non-hydrogen) atoms.